The van der Waals surface area contributed by atoms with Gasteiger partial charge in [0.25, 0.3) is 0 Å². The molecule has 0 saturated heterocycles. The Kier molecular flexibility index (Phi) is 2.29. The maximum atomic E-state index is 11.6. The molecule has 0 fully saturated rings. The summed E-state index contributed by atoms with van der Waals surface area (Å²) in [5.41, 5.74) is 7.79. The van der Waals surface area contributed by atoms with Crippen LogP contribution in [0.3, 0.4) is 0 Å². The molecule has 0 unspecified atom stereocenters. The van der Waals surface area contributed by atoms with Crippen molar-refractivity contribution in [2.45, 2.75) is 13.3 Å². The van der Waals surface area contributed by atoms with Crippen molar-refractivity contribution < 1.29 is 0 Å². The largest absolute Gasteiger partial charge is 0.382 e. The van der Waals surface area contributed by atoms with Gasteiger partial charge in [-0.3, -0.25) is 9.89 Å². The summed E-state index contributed by atoms with van der Waals surface area (Å²) < 4.78 is 0. The number of rotatable bonds is 2. The van der Waals surface area contributed by atoms with Crippen LogP contribution in [0.2, 0.25) is 0 Å². The fourth-order valence-electron chi connectivity index (χ4n) is 1.57. The van der Waals surface area contributed by atoms with Gasteiger partial charge < -0.3 is 10.7 Å². The molecule has 2 aromatic rings. The van der Waals surface area contributed by atoms with Crippen molar-refractivity contribution in [2.24, 2.45) is 0 Å². The van der Waals surface area contributed by atoms with E-state index in [2.05, 4.69) is 15.2 Å². The molecule has 0 bridgehead atoms. The fraction of sp³-hybridized carbons (Fsp3) is 0.200. The van der Waals surface area contributed by atoms with Crippen molar-refractivity contribution in [1.29, 1.82) is 0 Å². The van der Waals surface area contributed by atoms with E-state index >= 15 is 0 Å². The number of anilines is 1. The molecule has 0 radical (unpaired) electrons. The molecular formula is C10H12N4O. The van der Waals surface area contributed by atoms with Gasteiger partial charge in [-0.2, -0.15) is 5.10 Å². The van der Waals surface area contributed by atoms with E-state index in [0.717, 1.165) is 12.0 Å². The van der Waals surface area contributed by atoms with Crippen LogP contribution in [0.4, 0.5) is 5.82 Å². The number of hydrogen-bond donors (Lipinski definition) is 3. The Labute approximate surface area is 86.3 Å². The van der Waals surface area contributed by atoms with Crippen molar-refractivity contribution in [2.75, 3.05) is 5.73 Å². The zero-order valence-corrected chi connectivity index (χ0v) is 8.37. The molecule has 0 atom stereocenters. The lowest BCUT2D eigenvalue weighted by atomic mass is 10.1. The van der Waals surface area contributed by atoms with Gasteiger partial charge in [-0.05, 0) is 6.42 Å². The van der Waals surface area contributed by atoms with Crippen LogP contribution in [0, 0.1) is 0 Å². The molecule has 2 rings (SSSR count). The van der Waals surface area contributed by atoms with Crippen molar-refractivity contribution in [1.82, 2.24) is 15.2 Å². The van der Waals surface area contributed by atoms with Crippen molar-refractivity contribution in [3.63, 3.8) is 0 Å². The quantitative estimate of drug-likeness (QED) is 0.679. The SMILES string of the molecule is CCc1c(N)n[nH]c1-c1c[nH]ccc1=O. The average Bonchev–Trinajstić information content (AvgIpc) is 2.60. The first-order valence-electron chi connectivity index (χ1n) is 4.74. The normalized spacial score (nSPS) is 10.5. The first-order valence-corrected chi connectivity index (χ1v) is 4.74. The van der Waals surface area contributed by atoms with Gasteiger partial charge >= 0.3 is 0 Å². The summed E-state index contributed by atoms with van der Waals surface area (Å²) in [6.45, 7) is 1.97. The monoisotopic (exact) mass is 204 g/mol. The summed E-state index contributed by atoms with van der Waals surface area (Å²) in [6.07, 6.45) is 3.98. The van der Waals surface area contributed by atoms with Gasteiger partial charge in [-0.1, -0.05) is 6.92 Å². The number of nitrogen functional groups attached to an aromatic ring is 1. The highest BCUT2D eigenvalue weighted by Gasteiger charge is 2.12. The Morgan fingerprint density at radius 2 is 2.33 bits per heavy atom. The summed E-state index contributed by atoms with van der Waals surface area (Å²) in [5.74, 6) is 0.454. The topological polar surface area (TPSA) is 87.6 Å². The Balaban J connectivity index is 2.64. The Morgan fingerprint density at radius 3 is 3.00 bits per heavy atom. The van der Waals surface area contributed by atoms with Crippen LogP contribution in [0.15, 0.2) is 23.3 Å². The molecule has 4 N–H and O–H groups in total. The number of H-pyrrole nitrogens is 2. The third-order valence-corrected chi connectivity index (χ3v) is 2.35. The number of nitrogens with two attached hydrogens (primary N) is 1. The zero-order chi connectivity index (χ0) is 10.8. The van der Waals surface area contributed by atoms with Crippen LogP contribution in [0.1, 0.15) is 12.5 Å². The lowest BCUT2D eigenvalue weighted by molar-refractivity contribution is 1.10. The van der Waals surface area contributed by atoms with E-state index in [1.807, 2.05) is 6.92 Å². The molecular weight excluding hydrogens is 192 g/mol. The summed E-state index contributed by atoms with van der Waals surface area (Å²) in [7, 11) is 0. The second-order valence-electron chi connectivity index (χ2n) is 3.24. The van der Waals surface area contributed by atoms with E-state index < -0.39 is 0 Å². The van der Waals surface area contributed by atoms with Gasteiger partial charge in [-0.25, -0.2) is 0 Å². The molecule has 5 heteroatoms. The number of aromatic nitrogens is 3. The minimum atomic E-state index is -0.0490. The molecule has 78 valence electrons. The first kappa shape index (κ1) is 9.51. The number of aromatic amines is 2. The zero-order valence-electron chi connectivity index (χ0n) is 8.37. The molecule has 0 spiro atoms. The fourth-order valence-corrected chi connectivity index (χ4v) is 1.57. The summed E-state index contributed by atoms with van der Waals surface area (Å²) in [5, 5.41) is 6.69. The summed E-state index contributed by atoms with van der Waals surface area (Å²) in [4.78, 5) is 14.5. The van der Waals surface area contributed by atoms with E-state index in [0.29, 0.717) is 17.1 Å². The maximum Gasteiger partial charge on any atom is 0.190 e. The molecule has 0 aliphatic carbocycles. The van der Waals surface area contributed by atoms with Gasteiger partial charge in [0.1, 0.15) is 5.82 Å². The molecule has 2 heterocycles. The molecule has 0 amide bonds. The summed E-state index contributed by atoms with van der Waals surface area (Å²) in [6, 6.07) is 1.48. The van der Waals surface area contributed by atoms with E-state index in [-0.39, 0.29) is 5.43 Å². The third kappa shape index (κ3) is 1.52. The molecule has 5 nitrogen and oxygen atoms in total. The van der Waals surface area contributed by atoms with Gasteiger partial charge in [0.2, 0.25) is 0 Å². The highest BCUT2D eigenvalue weighted by molar-refractivity contribution is 5.66. The Bertz CT molecular complexity index is 526. The van der Waals surface area contributed by atoms with Crippen molar-refractivity contribution in [3.05, 3.63) is 34.2 Å². The predicted molar refractivity (Wildman–Crippen MR) is 58.4 cm³/mol. The lowest BCUT2D eigenvalue weighted by Crippen LogP contribution is -2.04. The van der Waals surface area contributed by atoms with E-state index in [1.54, 1.807) is 12.4 Å². The van der Waals surface area contributed by atoms with Crippen molar-refractivity contribution in [3.8, 4) is 11.3 Å². The first-order chi connectivity index (χ1) is 7.24. The molecule has 15 heavy (non-hydrogen) atoms. The highest BCUT2D eigenvalue weighted by atomic mass is 16.1. The molecule has 0 aliphatic rings. The van der Waals surface area contributed by atoms with Gasteiger partial charge in [0.15, 0.2) is 5.43 Å². The molecule has 2 aromatic heterocycles. The molecule has 0 aliphatic heterocycles. The number of nitrogens with zero attached hydrogens (tertiary/aromatic N) is 1. The van der Waals surface area contributed by atoms with Gasteiger partial charge in [0.05, 0.1) is 11.3 Å². The Morgan fingerprint density at radius 1 is 1.53 bits per heavy atom. The minimum absolute atomic E-state index is 0.0490. The average molecular weight is 204 g/mol. The van der Waals surface area contributed by atoms with Crippen LogP contribution in [0.25, 0.3) is 11.3 Å². The number of nitrogens with one attached hydrogen (secondary N) is 2. The third-order valence-electron chi connectivity index (χ3n) is 2.35. The maximum absolute atomic E-state index is 11.6. The van der Waals surface area contributed by atoms with E-state index in [1.165, 1.54) is 6.07 Å². The van der Waals surface area contributed by atoms with Crippen molar-refractivity contribution >= 4 is 5.82 Å². The van der Waals surface area contributed by atoms with Gasteiger partial charge in [0, 0.05) is 24.0 Å². The number of pyridine rings is 1. The predicted octanol–water partition coefficient (Wildman–Crippen LogP) is 0.910. The van der Waals surface area contributed by atoms with E-state index in [9.17, 15) is 4.79 Å². The van der Waals surface area contributed by atoms with Crippen LogP contribution in [-0.4, -0.2) is 15.2 Å². The second-order valence-corrected chi connectivity index (χ2v) is 3.24. The standard InChI is InChI=1S/C10H12N4O/c1-2-6-9(13-14-10(6)11)7-5-12-4-3-8(7)15/h3-5H,2H2,1H3,(H,12,15)(H3,11,13,14). The lowest BCUT2D eigenvalue weighted by Gasteiger charge is -1.99. The van der Waals surface area contributed by atoms with E-state index in [4.69, 9.17) is 5.73 Å². The van der Waals surface area contributed by atoms with Crippen LogP contribution in [-0.2, 0) is 6.42 Å². The molecule has 0 saturated carbocycles. The Hall–Kier alpha value is -2.04. The second kappa shape index (κ2) is 3.61. The van der Waals surface area contributed by atoms with Crippen LogP contribution >= 0.6 is 0 Å². The smallest absolute Gasteiger partial charge is 0.190 e. The van der Waals surface area contributed by atoms with Gasteiger partial charge in [-0.15, -0.1) is 0 Å². The van der Waals surface area contributed by atoms with Crippen LogP contribution in [0.5, 0.6) is 0 Å². The number of hydrogen-bond acceptors (Lipinski definition) is 3. The highest BCUT2D eigenvalue weighted by Crippen LogP contribution is 2.22. The minimum Gasteiger partial charge on any atom is -0.382 e. The summed E-state index contributed by atoms with van der Waals surface area (Å²) >= 11 is 0. The van der Waals surface area contributed by atoms with Crippen LogP contribution < -0.4 is 11.2 Å². The molecule has 0 aromatic carbocycles.